The molecule has 1 saturated carbocycles. The number of rotatable bonds is 8. The molecule has 190 valence electrons. The molecule has 0 bridgehead atoms. The third-order valence-corrected chi connectivity index (χ3v) is 7.88. The number of aromatic nitrogens is 4. The highest BCUT2D eigenvalue weighted by Gasteiger charge is 2.42. The Morgan fingerprint density at radius 3 is 2.77 bits per heavy atom. The number of methoxy groups -OCH3 is 1. The Hall–Kier alpha value is -2.68. The lowest BCUT2D eigenvalue weighted by molar-refractivity contribution is -0.0221. The maximum Gasteiger partial charge on any atom is 0.314 e. The molecule has 4 heterocycles. The Bertz CT molecular complexity index is 1340. The fourth-order valence-corrected chi connectivity index (χ4v) is 5.60. The van der Waals surface area contributed by atoms with E-state index in [0.717, 1.165) is 12.8 Å². The molecule has 0 unspecified atom stereocenters. The van der Waals surface area contributed by atoms with Gasteiger partial charge in [-0.2, -0.15) is 8.78 Å². The number of nitrogens with one attached hydrogen (secondary N) is 1. The summed E-state index contributed by atoms with van der Waals surface area (Å²) < 4.78 is 73.1. The zero-order valence-electron chi connectivity index (χ0n) is 19.4. The second kappa shape index (κ2) is 8.76. The van der Waals surface area contributed by atoms with E-state index in [9.17, 15) is 17.2 Å². The van der Waals surface area contributed by atoms with Crippen LogP contribution in [0, 0.1) is 0 Å². The second-order valence-corrected chi connectivity index (χ2v) is 10.9. The lowest BCUT2D eigenvalue weighted by atomic mass is 10.1. The largest absolute Gasteiger partial charge is 0.412 e. The molecule has 14 heteroatoms. The molecule has 3 aromatic heterocycles. The van der Waals surface area contributed by atoms with Gasteiger partial charge in [0.15, 0.2) is 0 Å². The number of alkyl halides is 2. The molecule has 1 N–H and O–H groups in total. The molecule has 1 aliphatic carbocycles. The van der Waals surface area contributed by atoms with Crippen LogP contribution in [0.4, 0.5) is 14.5 Å². The Morgan fingerprint density at radius 1 is 1.34 bits per heavy atom. The molecule has 35 heavy (non-hydrogen) atoms. The van der Waals surface area contributed by atoms with E-state index in [2.05, 4.69) is 19.9 Å². The monoisotopic (exact) mass is 512 g/mol. The van der Waals surface area contributed by atoms with Crippen LogP contribution in [-0.4, -0.2) is 72.6 Å². The maximum absolute atomic E-state index is 13.3. The van der Waals surface area contributed by atoms with Crippen LogP contribution >= 0.6 is 0 Å². The van der Waals surface area contributed by atoms with Crippen LogP contribution in [0.25, 0.3) is 17.2 Å². The Kier molecular flexibility index (Phi) is 6.02. The van der Waals surface area contributed by atoms with Crippen molar-refractivity contribution in [2.45, 2.75) is 55.7 Å². The predicted molar refractivity (Wildman–Crippen MR) is 120 cm³/mol. The molecule has 11 nitrogen and oxygen atoms in total. The van der Waals surface area contributed by atoms with Gasteiger partial charge in [0.25, 0.3) is 11.8 Å². The van der Waals surface area contributed by atoms with Crippen molar-refractivity contribution < 1.29 is 31.1 Å². The van der Waals surface area contributed by atoms with E-state index in [1.165, 1.54) is 16.8 Å². The first kappa shape index (κ1) is 24.0. The summed E-state index contributed by atoms with van der Waals surface area (Å²) >= 11 is 0. The fourth-order valence-electron chi connectivity index (χ4n) is 4.12. The smallest absolute Gasteiger partial charge is 0.314 e. The number of anilines is 1. The highest BCUT2D eigenvalue weighted by atomic mass is 32.2. The van der Waals surface area contributed by atoms with Gasteiger partial charge >= 0.3 is 6.43 Å². The van der Waals surface area contributed by atoms with E-state index in [0.29, 0.717) is 31.0 Å². The molecule has 2 atom stereocenters. The van der Waals surface area contributed by atoms with E-state index in [4.69, 9.17) is 13.9 Å². The average molecular weight is 513 g/mol. The Morgan fingerprint density at radius 2 is 2.11 bits per heavy atom. The van der Waals surface area contributed by atoms with Gasteiger partial charge in [-0.15, -0.1) is 10.2 Å². The van der Waals surface area contributed by atoms with Gasteiger partial charge in [-0.25, -0.2) is 18.1 Å². The number of imidazole rings is 1. The van der Waals surface area contributed by atoms with E-state index < -0.39 is 27.9 Å². The summed E-state index contributed by atoms with van der Waals surface area (Å²) in [4.78, 5) is 6.34. The predicted octanol–water partition coefficient (Wildman–Crippen LogP) is 2.39. The summed E-state index contributed by atoms with van der Waals surface area (Å²) in [6, 6.07) is 1.52. The minimum atomic E-state index is -3.90. The number of pyridine rings is 1. The normalized spacial score (nSPS) is 22.3. The third-order valence-electron chi connectivity index (χ3n) is 6.27. The number of morpholine rings is 1. The van der Waals surface area contributed by atoms with Crippen LogP contribution in [0.5, 0.6) is 0 Å². The van der Waals surface area contributed by atoms with Crippen molar-refractivity contribution >= 4 is 21.2 Å². The number of hydrogen-bond donors (Lipinski definition) is 1. The number of nitrogens with zero attached hydrogens (tertiary/aromatic N) is 5. The highest BCUT2D eigenvalue weighted by Crippen LogP contribution is 2.37. The van der Waals surface area contributed by atoms with Crippen LogP contribution in [0.2, 0.25) is 0 Å². The quantitative estimate of drug-likeness (QED) is 0.484. The molecule has 0 radical (unpaired) electrons. The summed E-state index contributed by atoms with van der Waals surface area (Å²) in [5.74, 6) is -1.02. The minimum Gasteiger partial charge on any atom is -0.412 e. The van der Waals surface area contributed by atoms with Gasteiger partial charge in [-0.05, 0) is 32.8 Å². The van der Waals surface area contributed by atoms with Crippen molar-refractivity contribution in [3.05, 3.63) is 24.4 Å². The van der Waals surface area contributed by atoms with Crippen molar-refractivity contribution in [3.63, 3.8) is 0 Å². The van der Waals surface area contributed by atoms with Crippen LogP contribution in [-0.2, 0) is 19.5 Å². The van der Waals surface area contributed by atoms with Gasteiger partial charge in [0.2, 0.25) is 15.8 Å². The van der Waals surface area contributed by atoms with Crippen LogP contribution in [0.3, 0.4) is 0 Å². The number of fused-ring (bicyclic) bond motifs is 1. The Labute approximate surface area is 200 Å². The van der Waals surface area contributed by atoms with Crippen LogP contribution < -0.4 is 9.62 Å². The third kappa shape index (κ3) is 4.62. The second-order valence-electron chi connectivity index (χ2n) is 9.22. The van der Waals surface area contributed by atoms with Gasteiger partial charge in [-0.1, -0.05) is 0 Å². The molecule has 2 fully saturated rings. The topological polar surface area (TPSA) is 124 Å². The molecular weight excluding hydrogens is 486 g/mol. The molecule has 1 saturated heterocycles. The molecule has 1 aliphatic heterocycles. The van der Waals surface area contributed by atoms with Crippen molar-refractivity contribution in [2.75, 3.05) is 31.8 Å². The zero-order chi connectivity index (χ0) is 25.0. The number of halogens is 2. The summed E-state index contributed by atoms with van der Waals surface area (Å²) in [7, 11) is -2.32. The van der Waals surface area contributed by atoms with Crippen LogP contribution in [0.15, 0.2) is 27.8 Å². The van der Waals surface area contributed by atoms with Gasteiger partial charge in [0, 0.05) is 31.4 Å². The highest BCUT2D eigenvalue weighted by molar-refractivity contribution is 7.89. The van der Waals surface area contributed by atoms with E-state index in [-0.39, 0.29) is 28.8 Å². The van der Waals surface area contributed by atoms with Crippen molar-refractivity contribution in [3.8, 4) is 11.7 Å². The average Bonchev–Trinajstić information content (AvgIpc) is 3.18. The molecule has 0 aromatic carbocycles. The number of hydrogen-bond acceptors (Lipinski definition) is 9. The maximum atomic E-state index is 13.3. The van der Waals surface area contributed by atoms with Gasteiger partial charge in [-0.3, -0.25) is 4.40 Å². The zero-order valence-corrected chi connectivity index (χ0v) is 20.3. The minimum absolute atomic E-state index is 0.00274. The lowest BCUT2D eigenvalue weighted by Gasteiger charge is -2.39. The lowest BCUT2D eigenvalue weighted by Crippen LogP contribution is -2.50. The molecule has 2 aliphatic rings. The summed E-state index contributed by atoms with van der Waals surface area (Å²) in [5.41, 5.74) is 0.663. The number of sulfonamides is 1. The number of ether oxygens (including phenoxy) is 2. The summed E-state index contributed by atoms with van der Waals surface area (Å²) in [5, 5.41) is 7.06. The fraction of sp³-hybridized carbons (Fsp3) is 0.571. The molecule has 3 aromatic rings. The van der Waals surface area contributed by atoms with E-state index in [1.807, 2.05) is 18.7 Å². The SMILES string of the molecule is COC[C@H]1CN(c2cc(S(=O)(=O)NC3(C)CC3)cn3c(-c4nnc(C(F)F)o4)ncc23)[C@@H](C)CO1. The van der Waals surface area contributed by atoms with Crippen molar-refractivity contribution in [2.24, 2.45) is 0 Å². The Balaban J connectivity index is 1.65. The van der Waals surface area contributed by atoms with Gasteiger partial charge in [0.05, 0.1) is 36.7 Å². The summed E-state index contributed by atoms with van der Waals surface area (Å²) in [6.07, 6.45) is 1.25. The van der Waals surface area contributed by atoms with Crippen molar-refractivity contribution in [1.29, 1.82) is 0 Å². The first-order chi connectivity index (χ1) is 16.6. The first-order valence-corrected chi connectivity index (χ1v) is 12.6. The molecule has 5 rings (SSSR count). The molecule has 0 spiro atoms. The molecule has 0 amide bonds. The van der Waals surface area contributed by atoms with Gasteiger partial charge in [0.1, 0.15) is 4.90 Å². The van der Waals surface area contributed by atoms with Crippen LogP contribution in [0.1, 0.15) is 39.0 Å². The first-order valence-electron chi connectivity index (χ1n) is 11.1. The van der Waals surface area contributed by atoms with Gasteiger partial charge < -0.3 is 18.8 Å². The van der Waals surface area contributed by atoms with E-state index >= 15 is 0 Å². The van der Waals surface area contributed by atoms with Crippen molar-refractivity contribution in [1.82, 2.24) is 24.3 Å². The van der Waals surface area contributed by atoms with E-state index in [1.54, 1.807) is 13.2 Å². The standard InChI is InChI=1S/C21H26F2N6O5S/c1-12-10-33-13(11-32-3)8-28(12)15-6-14(35(30,31)27-21(2)4-5-21)9-29-16(15)7-24-18(29)20-26-25-19(34-20)17(22)23/h6-7,9,12-13,17,27H,4-5,8,10-11H2,1-3H3/t12-,13+/m0/s1. The summed E-state index contributed by atoms with van der Waals surface area (Å²) in [6.45, 7) is 5.05. The molecular formula is C21H26F2N6O5S.